The maximum atomic E-state index is 13.9. The third-order valence-corrected chi connectivity index (χ3v) is 11.3. The molecular weight excluding hydrogens is 571 g/mol. The lowest BCUT2D eigenvalue weighted by Crippen LogP contribution is -2.45. The van der Waals surface area contributed by atoms with Crippen molar-refractivity contribution in [2.45, 2.75) is 35.4 Å². The number of carbonyl (C=O) groups is 1. The van der Waals surface area contributed by atoms with Crippen LogP contribution < -0.4 is 14.2 Å². The lowest BCUT2D eigenvalue weighted by molar-refractivity contribution is -0.0130. The Bertz CT molecular complexity index is 1500. The number of rotatable bonds is 8. The molecule has 1 spiro atoms. The summed E-state index contributed by atoms with van der Waals surface area (Å²) in [4.78, 5) is 17.8. The molecule has 3 aliphatic rings. The first-order chi connectivity index (χ1) is 20.8. The second-order valence-electron chi connectivity index (χ2n) is 11.4. The van der Waals surface area contributed by atoms with Crippen molar-refractivity contribution in [1.82, 2.24) is 9.80 Å². The van der Waals surface area contributed by atoms with Crippen molar-refractivity contribution in [1.29, 1.82) is 0 Å². The molecule has 228 valence electrons. The third kappa shape index (κ3) is 5.30. The Balaban J connectivity index is 1.19. The third-order valence-electron chi connectivity index (χ3n) is 9.24. The number of methoxy groups -OCH3 is 3. The highest BCUT2D eigenvalue weighted by Crippen LogP contribution is 2.47. The molecule has 8 nitrogen and oxygen atoms in total. The molecule has 0 saturated carbocycles. The zero-order chi connectivity index (χ0) is 30.2. The standard InChI is InChI=1S/C33H37FN2O6S/c1-39-28-18-24(19-29(40-2)30(28)41-3)31(37)36-21-32(42-22-36,25-8-10-26(34)11-9-25)12-15-35-16-13-33(14-17-35)27-7-5-4-6-23(27)20-43(33)38/h4-11,18-19H,12-17,20-22H2,1-3H3/t32-,43?/m0/s1. The molecule has 0 aromatic heterocycles. The van der Waals surface area contributed by atoms with Gasteiger partial charge in [-0.05, 0) is 73.3 Å². The van der Waals surface area contributed by atoms with Crippen molar-refractivity contribution in [3.05, 3.63) is 88.7 Å². The van der Waals surface area contributed by atoms with Gasteiger partial charge in [0.15, 0.2) is 11.5 Å². The fraction of sp³-hybridized carbons (Fsp3) is 0.424. The fourth-order valence-corrected chi connectivity index (χ4v) is 8.70. The Labute approximate surface area is 254 Å². The second kappa shape index (κ2) is 11.9. The molecule has 3 aromatic carbocycles. The first-order valence-corrected chi connectivity index (χ1v) is 15.8. The van der Waals surface area contributed by atoms with Crippen molar-refractivity contribution >= 4 is 16.7 Å². The Morgan fingerprint density at radius 2 is 1.65 bits per heavy atom. The Hall–Kier alpha value is -3.47. The van der Waals surface area contributed by atoms with E-state index in [1.165, 1.54) is 44.6 Å². The summed E-state index contributed by atoms with van der Waals surface area (Å²) >= 11 is 0. The van der Waals surface area contributed by atoms with E-state index < -0.39 is 16.4 Å². The molecule has 10 heteroatoms. The van der Waals surface area contributed by atoms with Crippen LogP contribution >= 0.6 is 0 Å². The van der Waals surface area contributed by atoms with Gasteiger partial charge in [-0.2, -0.15) is 0 Å². The lowest BCUT2D eigenvalue weighted by Gasteiger charge is -2.40. The van der Waals surface area contributed by atoms with Crippen LogP contribution in [0.5, 0.6) is 17.2 Å². The van der Waals surface area contributed by atoms with E-state index in [-0.39, 0.29) is 23.2 Å². The summed E-state index contributed by atoms with van der Waals surface area (Å²) in [6.07, 6.45) is 2.30. The van der Waals surface area contributed by atoms with E-state index in [1.807, 2.05) is 12.1 Å². The van der Waals surface area contributed by atoms with Gasteiger partial charge < -0.3 is 28.7 Å². The van der Waals surface area contributed by atoms with E-state index in [1.54, 1.807) is 29.2 Å². The van der Waals surface area contributed by atoms with Gasteiger partial charge in [-0.1, -0.05) is 36.4 Å². The van der Waals surface area contributed by atoms with Crippen LogP contribution in [0.2, 0.25) is 0 Å². The van der Waals surface area contributed by atoms with Gasteiger partial charge in [-0.25, -0.2) is 4.39 Å². The summed E-state index contributed by atoms with van der Waals surface area (Å²) in [6.45, 7) is 2.78. The quantitative estimate of drug-likeness (QED) is 0.363. The van der Waals surface area contributed by atoms with Crippen molar-refractivity contribution in [2.24, 2.45) is 0 Å². The molecule has 3 heterocycles. The number of piperidine rings is 1. The minimum Gasteiger partial charge on any atom is -0.493 e. The van der Waals surface area contributed by atoms with Crippen LogP contribution in [0.3, 0.4) is 0 Å². The Morgan fingerprint density at radius 3 is 2.30 bits per heavy atom. The summed E-state index contributed by atoms with van der Waals surface area (Å²) in [5.74, 6) is 1.27. The maximum absolute atomic E-state index is 13.9. The van der Waals surface area contributed by atoms with Gasteiger partial charge in [-0.3, -0.25) is 9.00 Å². The van der Waals surface area contributed by atoms with Gasteiger partial charge in [-0.15, -0.1) is 0 Å². The van der Waals surface area contributed by atoms with E-state index >= 15 is 0 Å². The fourth-order valence-electron chi connectivity index (χ4n) is 6.81. The van der Waals surface area contributed by atoms with Gasteiger partial charge in [0.1, 0.15) is 18.1 Å². The lowest BCUT2D eigenvalue weighted by atomic mass is 9.85. The van der Waals surface area contributed by atoms with E-state index in [2.05, 4.69) is 17.0 Å². The largest absolute Gasteiger partial charge is 0.493 e. The number of benzene rings is 3. The number of carbonyl (C=O) groups excluding carboxylic acids is 1. The van der Waals surface area contributed by atoms with Crippen LogP contribution in [0.15, 0.2) is 60.7 Å². The topological polar surface area (TPSA) is 77.5 Å². The summed E-state index contributed by atoms with van der Waals surface area (Å²) in [7, 11) is 3.62. The first-order valence-electron chi connectivity index (χ1n) is 14.5. The summed E-state index contributed by atoms with van der Waals surface area (Å²) < 4.78 is 49.7. The Morgan fingerprint density at radius 1 is 0.977 bits per heavy atom. The number of nitrogens with zero attached hydrogens (tertiary/aromatic N) is 2. The van der Waals surface area contributed by atoms with Crippen LogP contribution in [0.25, 0.3) is 0 Å². The number of ether oxygens (including phenoxy) is 4. The molecule has 43 heavy (non-hydrogen) atoms. The summed E-state index contributed by atoms with van der Waals surface area (Å²) in [5.41, 5.74) is 2.87. The van der Waals surface area contributed by atoms with Crippen molar-refractivity contribution in [3.63, 3.8) is 0 Å². The van der Waals surface area contributed by atoms with Crippen LogP contribution in [0.4, 0.5) is 4.39 Å². The molecule has 2 fully saturated rings. The molecule has 0 N–H and O–H groups in total. The van der Waals surface area contributed by atoms with Crippen molar-refractivity contribution in [3.8, 4) is 17.2 Å². The number of hydrogen-bond acceptors (Lipinski definition) is 7. The van der Waals surface area contributed by atoms with Gasteiger partial charge >= 0.3 is 0 Å². The minimum atomic E-state index is -0.918. The summed E-state index contributed by atoms with van der Waals surface area (Å²) in [5, 5.41) is 0. The molecule has 1 unspecified atom stereocenters. The molecule has 2 saturated heterocycles. The second-order valence-corrected chi connectivity index (χ2v) is 13.2. The predicted octanol–water partition coefficient (Wildman–Crippen LogP) is 4.82. The number of hydrogen-bond donors (Lipinski definition) is 0. The zero-order valence-corrected chi connectivity index (χ0v) is 25.6. The molecule has 2 atom stereocenters. The van der Waals surface area contributed by atoms with Crippen molar-refractivity contribution < 1.29 is 32.3 Å². The van der Waals surface area contributed by atoms with E-state index in [9.17, 15) is 13.4 Å². The van der Waals surface area contributed by atoms with Crippen LogP contribution in [0.1, 0.15) is 46.3 Å². The molecule has 1 amide bonds. The molecular formula is C33H37FN2O6S. The van der Waals surface area contributed by atoms with Gasteiger partial charge in [0.05, 0.1) is 32.6 Å². The van der Waals surface area contributed by atoms with Crippen LogP contribution in [-0.2, 0) is 31.6 Å². The smallest absolute Gasteiger partial charge is 0.256 e. The highest BCUT2D eigenvalue weighted by Gasteiger charge is 2.48. The summed E-state index contributed by atoms with van der Waals surface area (Å²) in [6, 6.07) is 17.9. The average Bonchev–Trinajstić information content (AvgIpc) is 3.59. The van der Waals surface area contributed by atoms with E-state index in [0.717, 1.165) is 38.0 Å². The van der Waals surface area contributed by atoms with E-state index in [0.29, 0.717) is 41.5 Å². The zero-order valence-electron chi connectivity index (χ0n) is 24.8. The Kier molecular flexibility index (Phi) is 8.19. The molecule has 0 radical (unpaired) electrons. The minimum absolute atomic E-state index is 0.0890. The van der Waals surface area contributed by atoms with Crippen LogP contribution in [-0.4, -0.2) is 74.2 Å². The number of amides is 1. The van der Waals surface area contributed by atoms with E-state index in [4.69, 9.17) is 18.9 Å². The molecule has 3 aromatic rings. The van der Waals surface area contributed by atoms with Crippen molar-refractivity contribution in [2.75, 3.05) is 54.2 Å². The highest BCUT2D eigenvalue weighted by molar-refractivity contribution is 7.85. The molecule has 0 aliphatic carbocycles. The average molecular weight is 609 g/mol. The SMILES string of the molecule is COc1cc(C(=O)N2CO[C@](CCN3CCC4(CC3)c3ccccc3CS4=O)(c3ccc(F)cc3)C2)cc(OC)c1OC. The maximum Gasteiger partial charge on any atom is 0.256 e. The molecule has 0 bridgehead atoms. The monoisotopic (exact) mass is 608 g/mol. The normalized spacial score (nSPS) is 22.9. The van der Waals surface area contributed by atoms with Gasteiger partial charge in [0.25, 0.3) is 5.91 Å². The highest BCUT2D eigenvalue weighted by atomic mass is 32.2. The van der Waals surface area contributed by atoms with Gasteiger partial charge in [0.2, 0.25) is 5.75 Å². The first kappa shape index (κ1) is 29.6. The predicted molar refractivity (Wildman–Crippen MR) is 161 cm³/mol. The molecule has 6 rings (SSSR count). The van der Waals surface area contributed by atoms with Gasteiger partial charge in [0, 0.05) is 28.7 Å². The number of halogens is 1. The number of likely N-dealkylation sites (tertiary alicyclic amines) is 1. The molecule has 3 aliphatic heterocycles. The van der Waals surface area contributed by atoms with Crippen LogP contribution in [0, 0.1) is 5.82 Å². The number of fused-ring (bicyclic) bond motifs is 2.